The van der Waals surface area contributed by atoms with Crippen molar-refractivity contribution < 1.29 is 20.4 Å². The third-order valence-corrected chi connectivity index (χ3v) is 19.3. The smallest absolute Gasteiger partial charge is 0.0617 e. The van der Waals surface area contributed by atoms with E-state index in [4.69, 9.17) is 0 Å². The van der Waals surface area contributed by atoms with Gasteiger partial charge in [-0.3, -0.25) is 0 Å². The number of hydrogen-bond acceptors (Lipinski definition) is 0. The van der Waals surface area contributed by atoms with Gasteiger partial charge in [0.05, 0.1) is 74.1 Å². The molecule has 0 aliphatic rings. The fourth-order valence-electron chi connectivity index (χ4n) is 7.05. The Morgan fingerprint density at radius 3 is 0.519 bits per heavy atom. The van der Waals surface area contributed by atoms with E-state index in [-0.39, 0.29) is 20.4 Å². The summed E-state index contributed by atoms with van der Waals surface area (Å²) in [6, 6.07) is 53.0. The summed E-state index contributed by atoms with van der Waals surface area (Å²) in [6.07, 6.45) is 3.75. The van der Waals surface area contributed by atoms with Gasteiger partial charge >= 0.3 is 0 Å². The first-order valence-corrected chi connectivity index (χ1v) is 23.8. The van der Waals surface area contributed by atoms with Crippen LogP contribution in [0.25, 0.3) is 0 Å². The fraction of sp³-hybridized carbons (Fsp3) is 0.250. The van der Waals surface area contributed by atoms with Crippen molar-refractivity contribution in [3.8, 4) is 0 Å². The summed E-state index contributed by atoms with van der Waals surface area (Å²) in [6.45, 7) is 20.3. The largest absolute Gasteiger partial charge is 0.0995 e. The molecule has 0 saturated carbocycles. The molecule has 0 spiro atoms. The molecule has 0 aliphatic carbocycles. The third kappa shape index (κ3) is 11.6. The minimum absolute atomic E-state index is 0. The molecule has 0 aliphatic heterocycles. The Kier molecular flexibility index (Phi) is 18.9. The molecule has 0 saturated heterocycles. The van der Waals surface area contributed by atoms with Crippen LogP contribution in [0.15, 0.2) is 146 Å². The van der Waals surface area contributed by atoms with Crippen molar-refractivity contribution in [2.45, 2.75) is 62.3 Å². The van der Waals surface area contributed by atoms with Gasteiger partial charge in [-0.2, -0.15) is 0 Å². The van der Waals surface area contributed by atoms with E-state index in [9.17, 15) is 0 Å². The van der Waals surface area contributed by atoms with Gasteiger partial charge in [-0.1, -0.05) is 109 Å². The van der Waals surface area contributed by atoms with E-state index in [1.165, 1.54) is 51.9 Å². The van der Waals surface area contributed by atoms with Crippen molar-refractivity contribution >= 4 is 55.6 Å². The van der Waals surface area contributed by atoms with Crippen LogP contribution in [0.2, 0.25) is 0 Å². The summed E-state index contributed by atoms with van der Waals surface area (Å²) in [5.41, 5.74) is 8.62. The van der Waals surface area contributed by atoms with E-state index < -0.39 is 23.8 Å². The van der Waals surface area contributed by atoms with Gasteiger partial charge in [-0.15, -0.1) is 0 Å². The molecule has 0 amide bonds. The molecule has 0 aromatic heterocycles. The van der Waals surface area contributed by atoms with Crippen molar-refractivity contribution in [1.29, 1.82) is 0 Å². The predicted octanol–water partition coefficient (Wildman–Crippen LogP) is 10.5. The molecule has 4 heteroatoms. The van der Waals surface area contributed by atoms with Crippen LogP contribution in [0, 0.1) is 41.5 Å². The fourth-order valence-corrected chi connectivity index (χ4v) is 15.3. The first-order valence-electron chi connectivity index (χ1n) is 18.6. The van der Waals surface area contributed by atoms with Crippen molar-refractivity contribution in [3.05, 3.63) is 179 Å². The first-order chi connectivity index (χ1) is 24.7. The molecule has 52 heavy (non-hydrogen) atoms. The van der Waals surface area contributed by atoms with Gasteiger partial charge in [0.25, 0.3) is 0 Å². The van der Waals surface area contributed by atoms with Gasteiger partial charge < -0.3 is 0 Å². The average Bonchev–Trinajstić information content (AvgIpc) is 3.14. The Balaban J connectivity index is 0.000000208. The Morgan fingerprint density at radius 1 is 0.269 bits per heavy atom. The maximum atomic E-state index is 2.31. The molecule has 0 bridgehead atoms. The van der Waals surface area contributed by atoms with Crippen LogP contribution < -0.4 is 31.8 Å². The topological polar surface area (TPSA) is 0 Å². The summed E-state index contributed by atoms with van der Waals surface area (Å²) < 4.78 is 0. The monoisotopic (exact) mass is 835 g/mol. The summed E-state index contributed by atoms with van der Waals surface area (Å²) in [5.74, 6) is 0. The number of aryl methyl sites for hydroxylation is 6. The maximum Gasteiger partial charge on any atom is 0.0995 e. The Labute approximate surface area is 333 Å². The minimum Gasteiger partial charge on any atom is -0.0617 e. The molecular formula is C48H60P3Pd+3. The normalized spacial score (nSPS) is 10.6. The molecular weight excluding hydrogens is 776 g/mol. The zero-order valence-corrected chi connectivity index (χ0v) is 37.3. The van der Waals surface area contributed by atoms with Gasteiger partial charge in [0, 0.05) is 20.4 Å². The van der Waals surface area contributed by atoms with Crippen molar-refractivity contribution in [1.82, 2.24) is 0 Å². The summed E-state index contributed by atoms with van der Waals surface area (Å²) in [7, 11) is -1.80. The molecule has 6 aromatic carbocycles. The van der Waals surface area contributed by atoms with Crippen LogP contribution in [-0.4, -0.2) is 18.5 Å². The molecule has 0 radical (unpaired) electrons. The molecule has 0 unspecified atom stereocenters. The first kappa shape index (κ1) is 43.7. The third-order valence-electron chi connectivity index (χ3n) is 9.88. The molecule has 0 fully saturated rings. The van der Waals surface area contributed by atoms with Gasteiger partial charge in [0.2, 0.25) is 0 Å². The van der Waals surface area contributed by atoms with Crippen LogP contribution in [0.1, 0.15) is 54.2 Å². The van der Waals surface area contributed by atoms with Gasteiger partial charge in [-0.05, 0) is 132 Å². The average molecular weight is 836 g/mol. The standard InChI is InChI=1S/3C16H19P.Pd/c3*1-4-17(15-11-7-5-9-13(15)2)16-12-8-6-10-14(16)3;/h3*5-12H,4H2,1-3H3;/p+3. The second-order valence-corrected chi connectivity index (χ2v) is 21.6. The van der Waals surface area contributed by atoms with E-state index in [0.29, 0.717) is 0 Å². The van der Waals surface area contributed by atoms with Crippen LogP contribution in [0.4, 0.5) is 0 Å². The van der Waals surface area contributed by atoms with Crippen molar-refractivity contribution in [3.63, 3.8) is 0 Å². The molecule has 0 heterocycles. The molecule has 0 N–H and O–H groups in total. The Morgan fingerprint density at radius 2 is 0.404 bits per heavy atom. The summed E-state index contributed by atoms with van der Waals surface area (Å²) >= 11 is 0. The molecule has 6 aromatic rings. The Bertz CT molecular complexity index is 1600. The van der Waals surface area contributed by atoms with Crippen LogP contribution >= 0.6 is 23.8 Å². The van der Waals surface area contributed by atoms with Crippen molar-refractivity contribution in [2.75, 3.05) is 18.5 Å². The maximum absolute atomic E-state index is 2.31. The van der Waals surface area contributed by atoms with E-state index in [0.717, 1.165) is 0 Å². The zero-order chi connectivity index (χ0) is 36.8. The van der Waals surface area contributed by atoms with E-state index >= 15 is 0 Å². The molecule has 0 atom stereocenters. The number of rotatable bonds is 9. The second-order valence-electron chi connectivity index (χ2n) is 13.4. The summed E-state index contributed by atoms with van der Waals surface area (Å²) in [5, 5.41) is 9.39. The molecule has 0 nitrogen and oxygen atoms in total. The number of benzene rings is 6. The van der Waals surface area contributed by atoms with Crippen LogP contribution in [-0.2, 0) is 20.4 Å². The van der Waals surface area contributed by atoms with Crippen LogP contribution in [0.3, 0.4) is 0 Å². The Hall–Kier alpha value is -2.73. The molecule has 274 valence electrons. The van der Waals surface area contributed by atoms with E-state index in [2.05, 4.69) is 208 Å². The van der Waals surface area contributed by atoms with Gasteiger partial charge in [0.15, 0.2) is 0 Å². The minimum atomic E-state index is -0.599. The zero-order valence-electron chi connectivity index (χ0n) is 32.8. The van der Waals surface area contributed by atoms with Crippen LogP contribution in [0.5, 0.6) is 0 Å². The predicted molar refractivity (Wildman–Crippen MR) is 241 cm³/mol. The van der Waals surface area contributed by atoms with E-state index in [1.54, 1.807) is 31.8 Å². The van der Waals surface area contributed by atoms with E-state index in [1.807, 2.05) is 0 Å². The summed E-state index contributed by atoms with van der Waals surface area (Å²) in [4.78, 5) is 0. The molecule has 6 rings (SSSR count). The SMILES string of the molecule is CC[PH+](c1ccccc1C)c1ccccc1C.CC[PH+](c1ccccc1C)c1ccccc1C.CC[PH+](c1ccccc1C)c1ccccc1C.[Pd]. The van der Waals surface area contributed by atoms with Gasteiger partial charge in [-0.25, -0.2) is 0 Å². The second kappa shape index (κ2) is 22.5. The quantitative estimate of drug-likeness (QED) is 0.101. The van der Waals surface area contributed by atoms with Crippen molar-refractivity contribution in [2.24, 2.45) is 0 Å². The van der Waals surface area contributed by atoms with Gasteiger partial charge in [0.1, 0.15) is 0 Å². The number of hydrogen-bond donors (Lipinski definition) is 0.